The van der Waals surface area contributed by atoms with Gasteiger partial charge in [-0.25, -0.2) is 9.67 Å². The summed E-state index contributed by atoms with van der Waals surface area (Å²) in [6.45, 7) is 1.12. The Morgan fingerprint density at radius 3 is 3.19 bits per heavy atom. The van der Waals surface area contributed by atoms with Gasteiger partial charge in [-0.2, -0.15) is 0 Å². The predicted octanol–water partition coefficient (Wildman–Crippen LogP) is -1.18. The summed E-state index contributed by atoms with van der Waals surface area (Å²) in [6, 6.07) is 0. The van der Waals surface area contributed by atoms with E-state index in [0.717, 1.165) is 19.4 Å². The van der Waals surface area contributed by atoms with Crippen LogP contribution in [0.2, 0.25) is 0 Å². The lowest BCUT2D eigenvalue weighted by atomic mass is 10.2. The molecule has 21 heavy (non-hydrogen) atoms. The average Bonchev–Trinajstić information content (AvgIpc) is 3.10. The molecule has 1 aliphatic rings. The van der Waals surface area contributed by atoms with Crippen LogP contribution in [0.3, 0.4) is 0 Å². The van der Waals surface area contributed by atoms with Crippen molar-refractivity contribution in [2.45, 2.75) is 25.5 Å². The van der Waals surface area contributed by atoms with Crippen molar-refractivity contribution in [1.82, 2.24) is 29.9 Å². The molecule has 9 nitrogen and oxygen atoms in total. The quantitative estimate of drug-likeness (QED) is 0.760. The van der Waals surface area contributed by atoms with Crippen LogP contribution in [0.5, 0.6) is 0 Å². The molecule has 1 fully saturated rings. The molecule has 2 aromatic rings. The minimum atomic E-state index is -0.375. The van der Waals surface area contributed by atoms with Gasteiger partial charge in [-0.05, 0) is 12.8 Å². The second kappa shape index (κ2) is 5.60. The van der Waals surface area contributed by atoms with E-state index in [1.54, 1.807) is 7.05 Å². The lowest BCUT2D eigenvalue weighted by Gasteiger charge is -2.11. The highest BCUT2D eigenvalue weighted by Crippen LogP contribution is 2.10. The van der Waals surface area contributed by atoms with Gasteiger partial charge in [0, 0.05) is 20.2 Å². The van der Waals surface area contributed by atoms with Gasteiger partial charge in [-0.1, -0.05) is 5.21 Å². The van der Waals surface area contributed by atoms with Crippen LogP contribution < -0.4 is 10.9 Å². The van der Waals surface area contributed by atoms with E-state index in [1.165, 1.54) is 15.6 Å². The third-order valence-electron chi connectivity index (χ3n) is 3.44. The molecule has 3 rings (SSSR count). The summed E-state index contributed by atoms with van der Waals surface area (Å²) in [4.78, 5) is 28.1. The Balaban J connectivity index is 1.68. The van der Waals surface area contributed by atoms with Gasteiger partial charge >= 0.3 is 0 Å². The summed E-state index contributed by atoms with van der Waals surface area (Å²) in [7, 11) is 1.65. The molecule has 1 N–H and O–H groups in total. The summed E-state index contributed by atoms with van der Waals surface area (Å²) >= 11 is 0. The van der Waals surface area contributed by atoms with Gasteiger partial charge in [0.15, 0.2) is 11.2 Å². The molecular weight excluding hydrogens is 276 g/mol. The second-order valence-corrected chi connectivity index (χ2v) is 5.00. The number of nitrogens with zero attached hydrogens (tertiary/aromatic N) is 5. The maximum atomic E-state index is 12.1. The van der Waals surface area contributed by atoms with Crippen LogP contribution in [-0.2, 0) is 23.1 Å². The van der Waals surface area contributed by atoms with E-state index in [-0.39, 0.29) is 29.6 Å². The van der Waals surface area contributed by atoms with Crippen molar-refractivity contribution in [1.29, 1.82) is 0 Å². The van der Waals surface area contributed by atoms with Crippen molar-refractivity contribution in [3.8, 4) is 0 Å². The molecule has 1 atom stereocenters. The monoisotopic (exact) mass is 292 g/mol. The summed E-state index contributed by atoms with van der Waals surface area (Å²) in [5.74, 6) is -0.252. The largest absolute Gasteiger partial charge is 0.376 e. The van der Waals surface area contributed by atoms with Crippen molar-refractivity contribution in [2.24, 2.45) is 7.05 Å². The van der Waals surface area contributed by atoms with Crippen LogP contribution >= 0.6 is 0 Å². The first-order chi connectivity index (χ1) is 10.1. The lowest BCUT2D eigenvalue weighted by molar-refractivity contribution is -0.122. The number of ether oxygens (including phenoxy) is 1. The predicted molar refractivity (Wildman–Crippen MR) is 72.5 cm³/mol. The summed E-state index contributed by atoms with van der Waals surface area (Å²) in [5.41, 5.74) is 0.184. The normalized spacial score (nSPS) is 18.2. The second-order valence-electron chi connectivity index (χ2n) is 5.00. The Bertz CT molecular complexity index is 715. The molecule has 3 heterocycles. The van der Waals surface area contributed by atoms with Crippen LogP contribution in [0.25, 0.3) is 11.2 Å². The summed E-state index contributed by atoms with van der Waals surface area (Å²) in [6.07, 6.45) is 3.38. The molecule has 0 saturated carbocycles. The zero-order chi connectivity index (χ0) is 14.8. The number of amides is 1. The van der Waals surface area contributed by atoms with E-state index < -0.39 is 0 Å². The molecule has 0 unspecified atom stereocenters. The fourth-order valence-electron chi connectivity index (χ4n) is 2.30. The molecule has 112 valence electrons. The van der Waals surface area contributed by atoms with Crippen molar-refractivity contribution >= 4 is 17.1 Å². The highest BCUT2D eigenvalue weighted by Gasteiger charge is 2.17. The number of carbonyl (C=O) groups is 1. The van der Waals surface area contributed by atoms with E-state index in [2.05, 4.69) is 20.6 Å². The molecule has 0 bridgehead atoms. The zero-order valence-electron chi connectivity index (χ0n) is 11.7. The molecule has 0 spiro atoms. The molecular formula is C12H16N6O3. The Morgan fingerprint density at radius 2 is 2.43 bits per heavy atom. The highest BCUT2D eigenvalue weighted by atomic mass is 16.5. The van der Waals surface area contributed by atoms with Crippen molar-refractivity contribution in [2.75, 3.05) is 13.2 Å². The fraction of sp³-hybridized carbons (Fsp3) is 0.583. The molecule has 0 aromatic carbocycles. The Kier molecular flexibility index (Phi) is 3.65. The summed E-state index contributed by atoms with van der Waals surface area (Å²) in [5, 5.41) is 10.3. The number of aromatic nitrogens is 5. The van der Waals surface area contributed by atoms with Gasteiger partial charge in [0.05, 0.1) is 6.10 Å². The van der Waals surface area contributed by atoms with Crippen LogP contribution in [0, 0.1) is 0 Å². The fourth-order valence-corrected chi connectivity index (χ4v) is 2.30. The molecule has 2 aromatic heterocycles. The maximum absolute atomic E-state index is 12.1. The Hall–Kier alpha value is -2.29. The molecule has 1 aliphatic heterocycles. The smallest absolute Gasteiger partial charge is 0.283 e. The molecule has 1 amide bonds. The standard InChI is InChI=1S/C12H16N6O3/c1-17-11-10(15-16-17)12(20)18(7-14-11)6-9(19)13-5-8-3-2-4-21-8/h7-8H,2-6H2,1H3,(H,13,19)/t8-/m1/s1. The van der Waals surface area contributed by atoms with E-state index in [4.69, 9.17) is 4.74 Å². The topological polar surface area (TPSA) is 104 Å². The van der Waals surface area contributed by atoms with E-state index in [9.17, 15) is 9.59 Å². The number of hydrogen-bond donors (Lipinski definition) is 1. The van der Waals surface area contributed by atoms with Gasteiger partial charge in [-0.3, -0.25) is 14.2 Å². The lowest BCUT2D eigenvalue weighted by Crippen LogP contribution is -2.36. The van der Waals surface area contributed by atoms with Crippen LogP contribution in [-0.4, -0.2) is 49.7 Å². The minimum Gasteiger partial charge on any atom is -0.376 e. The number of hydrogen-bond acceptors (Lipinski definition) is 6. The third-order valence-corrected chi connectivity index (χ3v) is 3.44. The van der Waals surface area contributed by atoms with Crippen LogP contribution in [0.15, 0.2) is 11.1 Å². The number of carbonyl (C=O) groups excluding carboxylic acids is 1. The van der Waals surface area contributed by atoms with Gasteiger partial charge in [0.2, 0.25) is 5.91 Å². The van der Waals surface area contributed by atoms with E-state index in [0.29, 0.717) is 12.2 Å². The minimum absolute atomic E-state index is 0.0752. The average molecular weight is 292 g/mol. The SMILES string of the molecule is Cn1nnc2c(=O)n(CC(=O)NC[C@H]3CCCO3)cnc21. The van der Waals surface area contributed by atoms with Crippen molar-refractivity contribution in [3.05, 3.63) is 16.7 Å². The van der Waals surface area contributed by atoms with Gasteiger partial charge in [0.1, 0.15) is 12.9 Å². The molecule has 0 radical (unpaired) electrons. The van der Waals surface area contributed by atoms with Gasteiger partial charge in [0.25, 0.3) is 5.56 Å². The van der Waals surface area contributed by atoms with Gasteiger partial charge in [-0.15, -0.1) is 5.10 Å². The number of rotatable bonds is 4. The van der Waals surface area contributed by atoms with Crippen molar-refractivity contribution in [3.63, 3.8) is 0 Å². The highest BCUT2D eigenvalue weighted by molar-refractivity contribution is 5.76. The number of nitrogens with one attached hydrogen (secondary N) is 1. The Labute approximate surface area is 119 Å². The first kappa shape index (κ1) is 13.7. The van der Waals surface area contributed by atoms with E-state index in [1.807, 2.05) is 0 Å². The molecule has 0 aliphatic carbocycles. The van der Waals surface area contributed by atoms with Crippen LogP contribution in [0.4, 0.5) is 0 Å². The van der Waals surface area contributed by atoms with E-state index >= 15 is 0 Å². The van der Waals surface area contributed by atoms with Crippen molar-refractivity contribution < 1.29 is 9.53 Å². The first-order valence-electron chi connectivity index (χ1n) is 6.78. The number of fused-ring (bicyclic) bond motifs is 1. The molecule has 1 saturated heterocycles. The first-order valence-corrected chi connectivity index (χ1v) is 6.78. The molecule has 9 heteroatoms. The van der Waals surface area contributed by atoms with Gasteiger partial charge < -0.3 is 10.1 Å². The number of aryl methyl sites for hydroxylation is 1. The van der Waals surface area contributed by atoms with Crippen LogP contribution in [0.1, 0.15) is 12.8 Å². The summed E-state index contributed by atoms with van der Waals surface area (Å²) < 4.78 is 8.06. The third kappa shape index (κ3) is 2.77. The zero-order valence-corrected chi connectivity index (χ0v) is 11.7. The Morgan fingerprint density at radius 1 is 1.57 bits per heavy atom. The maximum Gasteiger partial charge on any atom is 0.283 e.